The third-order valence-electron chi connectivity index (χ3n) is 14.8. The first-order valence-corrected chi connectivity index (χ1v) is 28.6. The molecule has 686 valence electrons. The van der Waals surface area contributed by atoms with Crippen LogP contribution in [0.5, 0.6) is 17.2 Å². The van der Waals surface area contributed by atoms with Crippen LogP contribution in [0.3, 0.4) is 0 Å². The van der Waals surface area contributed by atoms with Crippen molar-refractivity contribution in [2.24, 2.45) is 0 Å². The minimum Gasteiger partial charge on any atom is -0.408 e. The number of hydrogen-bond donors (Lipinski definition) is 0. The van der Waals surface area contributed by atoms with Crippen molar-refractivity contribution in [2.45, 2.75) is 178 Å². The second-order valence-electron chi connectivity index (χ2n) is 22.5. The molecular weight excluding hydrogens is 1960 g/mol. The lowest BCUT2D eigenvalue weighted by atomic mass is 9.85. The van der Waals surface area contributed by atoms with E-state index in [1.54, 1.807) is 0 Å². The summed E-state index contributed by atoms with van der Waals surface area (Å²) in [6.45, 7) is 0. The standard InChI is InChI=1S/C48H9Cl3F63O3P/c49-13-1-10(19(52,53)22(58,59)25(64,65)28(70,71)31(76,77)34(82,83)37(88,89)40(94,95)43(100,101)46(106,107)108)4-16(7-13)115-118(116-17-5-11(2-14(50)8-17)20(54,55)23(60,61)26(66,67)29(72,73)32(78,79)35(84,85)38(90,91)41(96,97)44(102,103)47(109,110)111)117-18-6-12(3-15(51)9-18)21(56,57)24(62,63)27(68,69)30(74,75)33(80,81)36(86,87)39(92,93)42(98,99)45(104,105)48(112,113)114/h1-9H. The van der Waals surface area contributed by atoms with Crippen molar-refractivity contribution >= 4 is 43.4 Å². The average Bonchev–Trinajstić information content (AvgIpc) is 0.690. The molecule has 0 N–H and O–H groups in total. The van der Waals surface area contributed by atoms with Gasteiger partial charge in [-0.1, -0.05) is 34.8 Å². The van der Waals surface area contributed by atoms with Gasteiger partial charge < -0.3 is 13.6 Å². The van der Waals surface area contributed by atoms with Crippen molar-refractivity contribution in [3.63, 3.8) is 0 Å². The Bertz CT molecular complexity index is 3730. The van der Waals surface area contributed by atoms with Gasteiger partial charge in [0.2, 0.25) is 0 Å². The second kappa shape index (κ2) is 28.8. The third-order valence-corrected chi connectivity index (χ3v) is 16.5. The van der Waals surface area contributed by atoms with E-state index in [0.717, 1.165) is 0 Å². The molecule has 0 aromatic heterocycles. The van der Waals surface area contributed by atoms with Gasteiger partial charge in [0, 0.05) is 31.8 Å². The zero-order valence-electron chi connectivity index (χ0n) is 51.3. The molecule has 0 aliphatic heterocycles. The fourth-order valence-corrected chi connectivity index (χ4v) is 9.54. The summed E-state index contributed by atoms with van der Waals surface area (Å²) in [4.78, 5) is 0. The van der Waals surface area contributed by atoms with Crippen LogP contribution in [0.15, 0.2) is 54.6 Å². The average molecular weight is 1970 g/mol. The molecule has 0 saturated carbocycles. The summed E-state index contributed by atoms with van der Waals surface area (Å²) < 4.78 is 909. The molecule has 3 nitrogen and oxygen atoms in total. The van der Waals surface area contributed by atoms with Crippen LogP contribution in [0, 0.1) is 0 Å². The van der Waals surface area contributed by atoms with Crippen molar-refractivity contribution < 1.29 is 290 Å². The van der Waals surface area contributed by atoms with Crippen LogP contribution in [0.25, 0.3) is 0 Å². The zero-order valence-corrected chi connectivity index (χ0v) is 54.5. The number of benzene rings is 3. The normalized spacial score (nSPS) is 16.3. The molecule has 0 aliphatic carbocycles. The Morgan fingerprint density at radius 1 is 0.153 bits per heavy atom. The highest BCUT2D eigenvalue weighted by molar-refractivity contribution is 7.43. The summed E-state index contributed by atoms with van der Waals surface area (Å²) in [6.07, 6.45) is -25.6. The monoisotopic (exact) mass is 1970 g/mol. The molecule has 0 bridgehead atoms. The van der Waals surface area contributed by atoms with Gasteiger partial charge in [0.25, 0.3) is 0 Å². The van der Waals surface area contributed by atoms with E-state index in [1.165, 1.54) is 0 Å². The topological polar surface area (TPSA) is 27.7 Å². The van der Waals surface area contributed by atoms with Crippen LogP contribution >= 0.6 is 43.4 Å². The van der Waals surface area contributed by atoms with E-state index in [4.69, 9.17) is 34.8 Å². The molecule has 0 amide bonds. The maximum absolute atomic E-state index is 15.7. The number of halogens is 66. The van der Waals surface area contributed by atoms with Gasteiger partial charge in [0.1, 0.15) is 17.2 Å². The Morgan fingerprint density at radius 2 is 0.263 bits per heavy atom. The Hall–Kier alpha value is -6.05. The first-order chi connectivity index (χ1) is 50.6. The van der Waals surface area contributed by atoms with Crippen molar-refractivity contribution in [1.82, 2.24) is 0 Å². The lowest BCUT2D eigenvalue weighted by Gasteiger charge is -2.44. The molecule has 0 saturated heterocycles. The molecule has 0 spiro atoms. The van der Waals surface area contributed by atoms with Gasteiger partial charge in [-0.25, -0.2) is 0 Å². The van der Waals surface area contributed by atoms with Crippen LogP contribution in [0.2, 0.25) is 15.1 Å². The summed E-state index contributed by atoms with van der Waals surface area (Å²) in [6, 6.07) is -11.8. The molecule has 0 unspecified atom stereocenters. The summed E-state index contributed by atoms with van der Waals surface area (Å²) in [7, 11) is -5.77. The Balaban J connectivity index is 2.57. The number of rotatable bonds is 33. The van der Waals surface area contributed by atoms with Crippen molar-refractivity contribution in [2.75, 3.05) is 0 Å². The maximum Gasteiger partial charge on any atom is 0.530 e. The zero-order chi connectivity index (χ0) is 95.3. The number of hydrogen-bond acceptors (Lipinski definition) is 3. The highest BCUT2D eigenvalue weighted by Crippen LogP contribution is 2.73. The van der Waals surface area contributed by atoms with Gasteiger partial charge in [-0.05, 0) is 54.6 Å². The van der Waals surface area contributed by atoms with E-state index in [1.807, 2.05) is 0 Å². The lowest BCUT2D eigenvalue weighted by Crippen LogP contribution is -2.76. The van der Waals surface area contributed by atoms with Crippen molar-refractivity contribution in [1.29, 1.82) is 0 Å². The molecule has 0 fully saturated rings. The first kappa shape index (κ1) is 106. The van der Waals surface area contributed by atoms with E-state index in [-0.39, 0.29) is 0 Å². The molecule has 0 radical (unpaired) electrons. The van der Waals surface area contributed by atoms with E-state index < -0.39 is 291 Å². The minimum atomic E-state index is -9.99. The molecule has 3 rings (SSSR count). The van der Waals surface area contributed by atoms with Gasteiger partial charge in [-0.3, -0.25) is 0 Å². The highest BCUT2D eigenvalue weighted by Gasteiger charge is 3.02. The molecule has 70 heteroatoms. The Morgan fingerprint density at radius 3 is 0.381 bits per heavy atom. The lowest BCUT2D eigenvalue weighted by molar-refractivity contribution is -0.474. The van der Waals surface area contributed by atoms with Gasteiger partial charge in [-0.15, -0.1) is 0 Å². The Labute approximate surface area is 615 Å². The Kier molecular flexibility index (Phi) is 25.9. The first-order valence-electron chi connectivity index (χ1n) is 26.3. The van der Waals surface area contributed by atoms with Crippen molar-refractivity contribution in [3.05, 3.63) is 86.4 Å². The van der Waals surface area contributed by atoms with E-state index in [2.05, 4.69) is 13.6 Å². The quantitative estimate of drug-likeness (QED) is 0.0449. The summed E-state index contributed by atoms with van der Waals surface area (Å²) in [5.74, 6) is -264. The fraction of sp³-hybridized carbons (Fsp3) is 0.625. The summed E-state index contributed by atoms with van der Waals surface area (Å²) in [5.41, 5.74) is -11.7. The van der Waals surface area contributed by atoms with Crippen LogP contribution in [0.1, 0.15) is 16.7 Å². The fourth-order valence-electron chi connectivity index (χ4n) is 7.92. The SMILES string of the molecule is FC(F)(F)C(F)(F)C(F)(F)C(F)(F)C(F)(F)C(F)(F)C(F)(F)C(F)(F)C(F)(F)C(F)(F)c1cc(Cl)cc(OP(Oc2cc(Cl)cc(C(F)(F)C(F)(F)C(F)(F)C(F)(F)C(F)(F)C(F)(F)C(F)(F)C(F)(F)C(F)(F)C(F)(F)F)c2)Oc2cc(Cl)cc(C(F)(F)C(F)(F)C(F)(F)C(F)(F)C(F)(F)C(F)(F)C(F)(F)C(F)(F)C(F)(F)C(F)(F)F)c2)c1. The van der Waals surface area contributed by atoms with Gasteiger partial charge in [0.05, 0.1) is 0 Å². The predicted octanol–water partition coefficient (Wildman–Crippen LogP) is 27.6. The number of alkyl halides is 63. The molecule has 3 aromatic carbocycles. The van der Waals surface area contributed by atoms with Crippen LogP contribution in [-0.4, -0.2) is 161 Å². The maximum atomic E-state index is 15.7. The van der Waals surface area contributed by atoms with Crippen LogP contribution in [0.4, 0.5) is 277 Å². The van der Waals surface area contributed by atoms with Crippen LogP contribution in [-0.2, 0) is 17.8 Å². The molecule has 118 heavy (non-hydrogen) atoms. The highest BCUT2D eigenvalue weighted by atomic mass is 35.5. The molecule has 0 heterocycles. The predicted molar refractivity (Wildman–Crippen MR) is 252 cm³/mol. The molecule has 0 aliphatic rings. The molecular formula is C48H9Cl3F63O3P. The largest absolute Gasteiger partial charge is 0.530 e. The van der Waals surface area contributed by atoms with Crippen molar-refractivity contribution in [3.8, 4) is 17.2 Å². The van der Waals surface area contributed by atoms with E-state index in [0.29, 0.717) is 0 Å². The van der Waals surface area contributed by atoms with E-state index >= 15 is 79.0 Å². The van der Waals surface area contributed by atoms with Gasteiger partial charge in [0.15, 0.2) is 0 Å². The third kappa shape index (κ3) is 14.2. The summed E-state index contributed by atoms with van der Waals surface area (Å²) in [5, 5.41) is -7.31. The smallest absolute Gasteiger partial charge is 0.408 e. The van der Waals surface area contributed by atoms with Gasteiger partial charge in [-0.2, -0.15) is 277 Å². The minimum absolute atomic E-state index is 0.834. The van der Waals surface area contributed by atoms with E-state index in [9.17, 15) is 198 Å². The van der Waals surface area contributed by atoms with Crippen LogP contribution < -0.4 is 13.6 Å². The summed E-state index contributed by atoms with van der Waals surface area (Å²) >= 11 is 15.5. The van der Waals surface area contributed by atoms with Gasteiger partial charge >= 0.3 is 187 Å². The second-order valence-corrected chi connectivity index (χ2v) is 24.8. The molecule has 0 atom stereocenters. The molecule has 3 aromatic rings.